The Morgan fingerprint density at radius 3 is 2.54 bits per heavy atom. The van der Waals surface area contributed by atoms with E-state index in [4.69, 9.17) is 11.0 Å². The molecule has 1 aromatic rings. The maximum Gasteiger partial charge on any atom is 0.159 e. The van der Waals surface area contributed by atoms with Crippen LogP contribution in [0, 0.1) is 11.3 Å². The minimum Gasteiger partial charge on any atom is -0.382 e. The predicted molar refractivity (Wildman–Crippen MR) is 49.9 cm³/mol. The van der Waals surface area contributed by atoms with Gasteiger partial charge in [-0.3, -0.25) is 0 Å². The summed E-state index contributed by atoms with van der Waals surface area (Å²) in [7, 11) is 0. The molecule has 0 radical (unpaired) electrons. The van der Waals surface area contributed by atoms with Gasteiger partial charge < -0.3 is 5.73 Å². The number of hydrogen-bond acceptors (Lipinski definition) is 4. The van der Waals surface area contributed by atoms with E-state index in [0.29, 0.717) is 17.2 Å². The molecule has 0 amide bonds. The monoisotopic (exact) mass is 176 g/mol. The molecule has 2 N–H and O–H groups in total. The fourth-order valence-electron chi connectivity index (χ4n) is 1.00. The van der Waals surface area contributed by atoms with Crippen LogP contribution >= 0.6 is 0 Å². The van der Waals surface area contributed by atoms with E-state index in [2.05, 4.69) is 9.97 Å². The zero-order chi connectivity index (χ0) is 10.1. The first-order chi connectivity index (χ1) is 5.95. The summed E-state index contributed by atoms with van der Waals surface area (Å²) >= 11 is 0. The Bertz CT molecular complexity index is 357. The van der Waals surface area contributed by atoms with Crippen molar-refractivity contribution >= 4 is 5.82 Å². The second kappa shape index (κ2) is 3.02. The molecule has 13 heavy (non-hydrogen) atoms. The highest BCUT2D eigenvalue weighted by molar-refractivity contribution is 5.40. The molecule has 0 saturated heterocycles. The van der Waals surface area contributed by atoms with Gasteiger partial charge in [-0.05, 0) is 0 Å². The van der Waals surface area contributed by atoms with Crippen LogP contribution in [0.15, 0.2) is 6.20 Å². The van der Waals surface area contributed by atoms with Gasteiger partial charge in [0.2, 0.25) is 0 Å². The molecule has 0 spiro atoms. The third-order valence-electron chi connectivity index (χ3n) is 1.63. The van der Waals surface area contributed by atoms with Crippen LogP contribution in [0.5, 0.6) is 0 Å². The van der Waals surface area contributed by atoms with Gasteiger partial charge in [0.1, 0.15) is 11.9 Å². The lowest BCUT2D eigenvalue weighted by Crippen LogP contribution is -2.17. The molecule has 0 aliphatic carbocycles. The lowest BCUT2D eigenvalue weighted by molar-refractivity contribution is 0.568. The summed E-state index contributed by atoms with van der Waals surface area (Å²) < 4.78 is 0. The van der Waals surface area contributed by atoms with Crippen LogP contribution in [0.1, 0.15) is 32.2 Å². The van der Waals surface area contributed by atoms with Crippen molar-refractivity contribution in [2.75, 3.05) is 5.73 Å². The topological polar surface area (TPSA) is 75.6 Å². The van der Waals surface area contributed by atoms with E-state index < -0.39 is 0 Å². The van der Waals surface area contributed by atoms with Crippen LogP contribution in [-0.4, -0.2) is 9.97 Å². The van der Waals surface area contributed by atoms with Crippen molar-refractivity contribution in [3.05, 3.63) is 17.6 Å². The molecule has 0 fully saturated rings. The molecule has 0 bridgehead atoms. The summed E-state index contributed by atoms with van der Waals surface area (Å²) in [4.78, 5) is 8.02. The SMILES string of the molecule is CC(C)(C)c1nc(C#N)cnc1N. The summed E-state index contributed by atoms with van der Waals surface area (Å²) in [6, 6.07) is 1.94. The van der Waals surface area contributed by atoms with Crippen molar-refractivity contribution in [1.82, 2.24) is 9.97 Å². The quantitative estimate of drug-likeness (QED) is 0.645. The minimum atomic E-state index is -0.177. The maximum atomic E-state index is 8.63. The molecular weight excluding hydrogens is 164 g/mol. The van der Waals surface area contributed by atoms with Crippen molar-refractivity contribution < 1.29 is 0 Å². The maximum absolute atomic E-state index is 8.63. The van der Waals surface area contributed by atoms with Crippen molar-refractivity contribution in [2.24, 2.45) is 0 Å². The van der Waals surface area contributed by atoms with Gasteiger partial charge in [-0.25, -0.2) is 9.97 Å². The van der Waals surface area contributed by atoms with Gasteiger partial charge in [0, 0.05) is 5.41 Å². The van der Waals surface area contributed by atoms with E-state index in [0.717, 1.165) is 0 Å². The van der Waals surface area contributed by atoms with E-state index in [1.807, 2.05) is 26.8 Å². The fourth-order valence-corrected chi connectivity index (χ4v) is 1.00. The molecule has 0 unspecified atom stereocenters. The average molecular weight is 176 g/mol. The van der Waals surface area contributed by atoms with Crippen LogP contribution in [0.3, 0.4) is 0 Å². The third kappa shape index (κ3) is 1.94. The first-order valence-electron chi connectivity index (χ1n) is 3.98. The van der Waals surface area contributed by atoms with Crippen LogP contribution < -0.4 is 5.73 Å². The van der Waals surface area contributed by atoms with Crippen molar-refractivity contribution in [3.8, 4) is 6.07 Å². The second-order valence-electron chi connectivity index (χ2n) is 3.85. The van der Waals surface area contributed by atoms with E-state index in [-0.39, 0.29) is 5.41 Å². The summed E-state index contributed by atoms with van der Waals surface area (Å²) in [5.74, 6) is 0.395. The number of nitriles is 1. The number of nitrogen functional groups attached to an aromatic ring is 1. The smallest absolute Gasteiger partial charge is 0.159 e. The highest BCUT2D eigenvalue weighted by atomic mass is 14.9. The molecule has 0 aliphatic rings. The third-order valence-corrected chi connectivity index (χ3v) is 1.63. The van der Waals surface area contributed by atoms with E-state index >= 15 is 0 Å². The Kier molecular flexibility index (Phi) is 2.20. The molecule has 0 saturated carbocycles. The number of rotatable bonds is 0. The molecule has 1 rings (SSSR count). The zero-order valence-corrected chi connectivity index (χ0v) is 8.00. The molecular formula is C9H12N4. The second-order valence-corrected chi connectivity index (χ2v) is 3.85. The number of anilines is 1. The predicted octanol–water partition coefficient (Wildman–Crippen LogP) is 1.23. The Labute approximate surface area is 77.4 Å². The largest absolute Gasteiger partial charge is 0.382 e. The van der Waals surface area contributed by atoms with E-state index in [1.165, 1.54) is 6.20 Å². The van der Waals surface area contributed by atoms with Gasteiger partial charge in [-0.2, -0.15) is 5.26 Å². The zero-order valence-electron chi connectivity index (χ0n) is 8.00. The summed E-state index contributed by atoms with van der Waals surface area (Å²) in [5, 5.41) is 8.63. The molecule has 0 atom stereocenters. The molecule has 1 heterocycles. The van der Waals surface area contributed by atoms with Crippen LogP contribution in [0.4, 0.5) is 5.82 Å². The Morgan fingerprint density at radius 2 is 2.08 bits per heavy atom. The van der Waals surface area contributed by atoms with Gasteiger partial charge in [0.05, 0.1) is 11.9 Å². The molecule has 4 nitrogen and oxygen atoms in total. The van der Waals surface area contributed by atoms with Crippen molar-refractivity contribution in [1.29, 1.82) is 5.26 Å². The van der Waals surface area contributed by atoms with Crippen LogP contribution in [0.25, 0.3) is 0 Å². The van der Waals surface area contributed by atoms with Crippen LogP contribution in [0.2, 0.25) is 0 Å². The summed E-state index contributed by atoms with van der Waals surface area (Å²) in [6.07, 6.45) is 1.38. The molecule has 0 aromatic carbocycles. The highest BCUT2D eigenvalue weighted by Crippen LogP contribution is 2.23. The fraction of sp³-hybridized carbons (Fsp3) is 0.444. The molecule has 1 aromatic heterocycles. The standard InChI is InChI=1S/C9H12N4/c1-9(2,3)7-8(11)12-5-6(4-10)13-7/h5H,1-3H3,(H2,11,12). The van der Waals surface area contributed by atoms with Gasteiger partial charge in [0.25, 0.3) is 0 Å². The van der Waals surface area contributed by atoms with Crippen LogP contribution in [-0.2, 0) is 5.41 Å². The Morgan fingerprint density at radius 1 is 1.46 bits per heavy atom. The molecule has 0 aliphatic heterocycles. The first-order valence-corrected chi connectivity index (χ1v) is 3.98. The first kappa shape index (κ1) is 9.46. The highest BCUT2D eigenvalue weighted by Gasteiger charge is 2.19. The number of nitrogens with zero attached hydrogens (tertiary/aromatic N) is 3. The van der Waals surface area contributed by atoms with E-state index in [1.54, 1.807) is 0 Å². The molecule has 68 valence electrons. The molecule has 4 heteroatoms. The van der Waals surface area contributed by atoms with Gasteiger partial charge in [0.15, 0.2) is 5.69 Å². The lowest BCUT2D eigenvalue weighted by atomic mass is 9.92. The van der Waals surface area contributed by atoms with Gasteiger partial charge >= 0.3 is 0 Å². The normalized spacial score (nSPS) is 10.9. The number of nitrogens with two attached hydrogens (primary N) is 1. The van der Waals surface area contributed by atoms with E-state index in [9.17, 15) is 0 Å². The Hall–Kier alpha value is -1.63. The van der Waals surface area contributed by atoms with Gasteiger partial charge in [-0.15, -0.1) is 0 Å². The van der Waals surface area contributed by atoms with Crippen molar-refractivity contribution in [2.45, 2.75) is 26.2 Å². The average Bonchev–Trinajstić information content (AvgIpc) is 2.03. The van der Waals surface area contributed by atoms with Gasteiger partial charge in [-0.1, -0.05) is 20.8 Å². The Balaban J connectivity index is 3.29. The van der Waals surface area contributed by atoms with Crippen molar-refractivity contribution in [3.63, 3.8) is 0 Å². The number of hydrogen-bond donors (Lipinski definition) is 1. The summed E-state index contributed by atoms with van der Waals surface area (Å²) in [6.45, 7) is 5.94. The summed E-state index contributed by atoms with van der Waals surface area (Å²) in [5.41, 5.74) is 6.45. The minimum absolute atomic E-state index is 0.177. The lowest BCUT2D eigenvalue weighted by Gasteiger charge is -2.18. The number of aromatic nitrogens is 2.